The highest BCUT2D eigenvalue weighted by Gasteiger charge is 2.24. The first-order valence-electron chi connectivity index (χ1n) is 8.90. The highest BCUT2D eigenvalue weighted by molar-refractivity contribution is 6.30. The molecule has 8 heteroatoms. The van der Waals surface area contributed by atoms with Crippen LogP contribution in [0.3, 0.4) is 0 Å². The maximum Gasteiger partial charge on any atom is 0.262 e. The van der Waals surface area contributed by atoms with Gasteiger partial charge in [-0.15, -0.1) is 0 Å². The molecule has 29 heavy (non-hydrogen) atoms. The number of hydrazone groups is 1. The summed E-state index contributed by atoms with van der Waals surface area (Å²) in [5, 5.41) is 15.7. The van der Waals surface area contributed by atoms with Gasteiger partial charge in [0.15, 0.2) is 6.61 Å². The summed E-state index contributed by atoms with van der Waals surface area (Å²) >= 11 is 5.83. The van der Waals surface area contributed by atoms with Gasteiger partial charge in [0, 0.05) is 10.6 Å². The van der Waals surface area contributed by atoms with Crippen LogP contribution >= 0.6 is 11.6 Å². The molecule has 0 saturated carbocycles. The van der Waals surface area contributed by atoms with Crippen LogP contribution in [0.15, 0.2) is 53.6 Å². The van der Waals surface area contributed by atoms with Gasteiger partial charge in [-0.2, -0.15) is 10.4 Å². The van der Waals surface area contributed by atoms with E-state index in [0.29, 0.717) is 16.3 Å². The minimum Gasteiger partial charge on any atom is -0.479 e. The molecule has 2 rings (SSSR count). The van der Waals surface area contributed by atoms with Crippen LogP contribution in [0.1, 0.15) is 29.8 Å². The Kier molecular flexibility index (Phi) is 8.19. The number of nitriles is 1. The monoisotopic (exact) mass is 412 g/mol. The average Bonchev–Trinajstić information content (AvgIpc) is 2.71. The van der Waals surface area contributed by atoms with E-state index in [1.807, 2.05) is 19.9 Å². The summed E-state index contributed by atoms with van der Waals surface area (Å²) in [6.45, 7) is 3.63. The quantitative estimate of drug-likeness (QED) is 0.513. The van der Waals surface area contributed by atoms with Crippen LogP contribution in [0.25, 0.3) is 0 Å². The number of halogens is 1. The number of carbonyl (C=O) groups excluding carboxylic acids is 2. The molecular formula is C21H21ClN4O3. The maximum absolute atomic E-state index is 12.5. The molecule has 2 aromatic carbocycles. The van der Waals surface area contributed by atoms with Crippen molar-refractivity contribution in [2.24, 2.45) is 11.0 Å². The second-order valence-electron chi connectivity index (χ2n) is 6.45. The van der Waals surface area contributed by atoms with E-state index in [2.05, 4.69) is 15.8 Å². The van der Waals surface area contributed by atoms with Crippen LogP contribution in [0, 0.1) is 17.2 Å². The number of ether oxygens (including phenoxy) is 1. The van der Waals surface area contributed by atoms with Gasteiger partial charge >= 0.3 is 0 Å². The number of hydrogen-bond donors (Lipinski definition) is 2. The highest BCUT2D eigenvalue weighted by atomic mass is 35.5. The molecule has 0 aliphatic heterocycles. The predicted octanol–water partition coefficient (Wildman–Crippen LogP) is 3.15. The van der Waals surface area contributed by atoms with E-state index >= 15 is 0 Å². The van der Waals surface area contributed by atoms with Gasteiger partial charge in [-0.25, -0.2) is 5.43 Å². The van der Waals surface area contributed by atoms with Crippen LogP contribution in [0.4, 0.5) is 0 Å². The van der Waals surface area contributed by atoms with Crippen molar-refractivity contribution in [3.63, 3.8) is 0 Å². The maximum atomic E-state index is 12.5. The third-order valence-electron chi connectivity index (χ3n) is 3.91. The summed E-state index contributed by atoms with van der Waals surface area (Å²) < 4.78 is 5.17. The zero-order valence-electron chi connectivity index (χ0n) is 16.1. The van der Waals surface area contributed by atoms with E-state index in [4.69, 9.17) is 21.6 Å². The average molecular weight is 413 g/mol. The van der Waals surface area contributed by atoms with E-state index in [1.165, 1.54) is 6.21 Å². The number of amides is 2. The fraction of sp³-hybridized carbons (Fsp3) is 0.238. The van der Waals surface area contributed by atoms with E-state index in [1.54, 1.807) is 48.5 Å². The summed E-state index contributed by atoms with van der Waals surface area (Å²) in [5.74, 6) is -0.365. The number of carbonyl (C=O) groups is 2. The molecule has 7 nitrogen and oxygen atoms in total. The molecule has 0 aliphatic rings. The highest BCUT2D eigenvalue weighted by Crippen LogP contribution is 2.12. The Bertz CT molecular complexity index is 903. The van der Waals surface area contributed by atoms with Crippen LogP contribution in [0.5, 0.6) is 5.75 Å². The normalized spacial score (nSPS) is 11.7. The zero-order chi connectivity index (χ0) is 21.2. The molecule has 0 heterocycles. The van der Waals surface area contributed by atoms with Gasteiger partial charge in [0.05, 0.1) is 6.21 Å². The second kappa shape index (κ2) is 10.8. The largest absolute Gasteiger partial charge is 0.479 e. The van der Waals surface area contributed by atoms with Gasteiger partial charge in [0.25, 0.3) is 11.8 Å². The van der Waals surface area contributed by atoms with Gasteiger partial charge in [-0.3, -0.25) is 9.59 Å². The standard InChI is InChI=1S/C21H21ClN4O3/c1-14(2)19(25-20(27)16-5-7-17(22)8-6-16)21(28)26-24-13-15-3-9-18(10-4-15)29-12-11-23/h3-10,13-14,19H,12H2,1-2H3,(H,25,27)(H,26,28). The van der Waals surface area contributed by atoms with Crippen molar-refractivity contribution < 1.29 is 14.3 Å². The number of hydrogen-bond acceptors (Lipinski definition) is 5. The van der Waals surface area contributed by atoms with Gasteiger partial charge in [0.1, 0.15) is 17.9 Å². The minimum atomic E-state index is -0.753. The van der Waals surface area contributed by atoms with Crippen molar-refractivity contribution in [3.05, 3.63) is 64.7 Å². The minimum absolute atomic E-state index is 0.0260. The first-order valence-corrected chi connectivity index (χ1v) is 9.27. The van der Waals surface area contributed by atoms with Crippen molar-refractivity contribution >= 4 is 29.6 Å². The fourth-order valence-corrected chi connectivity index (χ4v) is 2.49. The number of rotatable bonds is 8. The molecule has 0 aromatic heterocycles. The lowest BCUT2D eigenvalue weighted by atomic mass is 10.0. The molecule has 0 spiro atoms. The van der Waals surface area contributed by atoms with Crippen molar-refractivity contribution in [1.29, 1.82) is 5.26 Å². The molecule has 0 bridgehead atoms. The molecule has 2 N–H and O–H groups in total. The van der Waals surface area contributed by atoms with Gasteiger partial charge in [-0.1, -0.05) is 25.4 Å². The van der Waals surface area contributed by atoms with E-state index in [0.717, 1.165) is 5.56 Å². The Balaban J connectivity index is 1.95. The smallest absolute Gasteiger partial charge is 0.262 e. The van der Waals surface area contributed by atoms with Crippen molar-refractivity contribution in [2.75, 3.05) is 6.61 Å². The lowest BCUT2D eigenvalue weighted by molar-refractivity contribution is -0.123. The van der Waals surface area contributed by atoms with Crippen LogP contribution in [0.2, 0.25) is 5.02 Å². The summed E-state index contributed by atoms with van der Waals surface area (Å²) in [7, 11) is 0. The van der Waals surface area contributed by atoms with Gasteiger partial charge in [0.2, 0.25) is 0 Å². The Morgan fingerprint density at radius 1 is 1.17 bits per heavy atom. The van der Waals surface area contributed by atoms with Gasteiger partial charge < -0.3 is 10.1 Å². The topological polar surface area (TPSA) is 104 Å². The van der Waals surface area contributed by atoms with Crippen molar-refractivity contribution in [1.82, 2.24) is 10.7 Å². The lowest BCUT2D eigenvalue weighted by Gasteiger charge is -2.20. The summed E-state index contributed by atoms with van der Waals surface area (Å²) in [6, 6.07) is 14.4. The number of nitrogens with zero attached hydrogens (tertiary/aromatic N) is 2. The third-order valence-corrected chi connectivity index (χ3v) is 4.17. The number of benzene rings is 2. The molecular weight excluding hydrogens is 392 g/mol. The summed E-state index contributed by atoms with van der Waals surface area (Å²) in [4.78, 5) is 24.8. The van der Waals surface area contributed by atoms with Crippen LogP contribution < -0.4 is 15.5 Å². The summed E-state index contributed by atoms with van der Waals surface area (Å²) in [5.41, 5.74) is 3.60. The lowest BCUT2D eigenvalue weighted by Crippen LogP contribution is -2.48. The van der Waals surface area contributed by atoms with E-state index in [-0.39, 0.29) is 18.4 Å². The second-order valence-corrected chi connectivity index (χ2v) is 6.89. The van der Waals surface area contributed by atoms with E-state index < -0.39 is 11.9 Å². The Hall–Kier alpha value is -3.37. The van der Waals surface area contributed by atoms with Crippen LogP contribution in [-0.4, -0.2) is 30.7 Å². The van der Waals surface area contributed by atoms with Crippen molar-refractivity contribution in [3.8, 4) is 11.8 Å². The molecule has 0 aliphatic carbocycles. The first kappa shape index (κ1) is 21.9. The van der Waals surface area contributed by atoms with Crippen molar-refractivity contribution in [2.45, 2.75) is 19.9 Å². The molecule has 0 radical (unpaired) electrons. The number of nitrogens with one attached hydrogen (secondary N) is 2. The molecule has 1 atom stereocenters. The Morgan fingerprint density at radius 3 is 2.41 bits per heavy atom. The fourth-order valence-electron chi connectivity index (χ4n) is 2.37. The molecule has 150 valence electrons. The van der Waals surface area contributed by atoms with Gasteiger partial charge in [-0.05, 0) is 60.0 Å². The third kappa shape index (κ3) is 6.94. The Labute approximate surface area is 174 Å². The van der Waals surface area contributed by atoms with Crippen LogP contribution in [-0.2, 0) is 4.79 Å². The molecule has 2 aromatic rings. The zero-order valence-corrected chi connectivity index (χ0v) is 16.8. The molecule has 2 amide bonds. The van der Waals surface area contributed by atoms with E-state index in [9.17, 15) is 9.59 Å². The molecule has 1 unspecified atom stereocenters. The predicted molar refractivity (Wildman–Crippen MR) is 111 cm³/mol. The molecule has 0 fully saturated rings. The summed E-state index contributed by atoms with van der Waals surface area (Å²) in [6.07, 6.45) is 1.48. The Morgan fingerprint density at radius 2 is 1.83 bits per heavy atom. The first-order chi connectivity index (χ1) is 13.9. The SMILES string of the molecule is CC(C)C(NC(=O)c1ccc(Cl)cc1)C(=O)NN=Cc1ccc(OCC#N)cc1. The molecule has 0 saturated heterocycles.